The van der Waals surface area contributed by atoms with Gasteiger partial charge in [-0.2, -0.15) is 0 Å². The molecule has 0 aliphatic heterocycles. The Morgan fingerprint density at radius 3 is 2.15 bits per heavy atom. The number of hydrogen-bond donors (Lipinski definition) is 0. The van der Waals surface area contributed by atoms with Gasteiger partial charge in [-0.25, -0.2) is 0 Å². The Hall–Kier alpha value is 0.629. The van der Waals surface area contributed by atoms with Crippen LogP contribution in [-0.2, 0) is 29.7 Å². The van der Waals surface area contributed by atoms with E-state index in [4.69, 9.17) is 24.8 Å². The SMILES string of the molecule is CCCCCN(CCC)C(=S)[S-].[Cu+]. The molecule has 0 aromatic heterocycles. The predicted molar refractivity (Wildman–Crippen MR) is 61.4 cm³/mol. The minimum Gasteiger partial charge on any atom is -0.411 e. The summed E-state index contributed by atoms with van der Waals surface area (Å²) in [6.45, 7) is 6.42. The minimum absolute atomic E-state index is 0. The molecule has 0 aromatic carbocycles. The summed E-state index contributed by atoms with van der Waals surface area (Å²) in [6, 6.07) is 0. The van der Waals surface area contributed by atoms with Crippen molar-refractivity contribution in [3.05, 3.63) is 0 Å². The van der Waals surface area contributed by atoms with Gasteiger partial charge in [0.1, 0.15) is 0 Å². The van der Waals surface area contributed by atoms with Gasteiger partial charge in [-0.15, -0.1) is 0 Å². The summed E-state index contributed by atoms with van der Waals surface area (Å²) >= 11 is 9.95. The molecule has 0 saturated heterocycles. The van der Waals surface area contributed by atoms with Crippen molar-refractivity contribution >= 4 is 29.2 Å². The zero-order valence-electron chi connectivity index (χ0n) is 8.31. The summed E-state index contributed by atoms with van der Waals surface area (Å²) in [5, 5.41) is 0. The van der Waals surface area contributed by atoms with E-state index < -0.39 is 0 Å². The summed E-state index contributed by atoms with van der Waals surface area (Å²) in [4.78, 5) is 2.13. The normalized spacial score (nSPS) is 9.08. The maximum absolute atomic E-state index is 4.97. The first-order chi connectivity index (χ1) is 5.72. The minimum atomic E-state index is 0. The second-order valence-electron chi connectivity index (χ2n) is 2.96. The van der Waals surface area contributed by atoms with Gasteiger partial charge in [-0.1, -0.05) is 31.0 Å². The van der Waals surface area contributed by atoms with E-state index in [2.05, 4.69) is 18.7 Å². The maximum atomic E-state index is 4.97. The average molecular weight is 268 g/mol. The Balaban J connectivity index is 0. The van der Waals surface area contributed by atoms with Gasteiger partial charge in [-0.3, -0.25) is 0 Å². The van der Waals surface area contributed by atoms with Crippen LogP contribution in [0.25, 0.3) is 0 Å². The summed E-state index contributed by atoms with van der Waals surface area (Å²) in [5.41, 5.74) is 0. The summed E-state index contributed by atoms with van der Waals surface area (Å²) < 4.78 is 0.632. The van der Waals surface area contributed by atoms with E-state index in [-0.39, 0.29) is 17.1 Å². The third-order valence-corrected chi connectivity index (χ3v) is 2.30. The molecular formula is C9H18CuNS2. The Kier molecular flexibility index (Phi) is 13.2. The Morgan fingerprint density at radius 2 is 1.77 bits per heavy atom. The van der Waals surface area contributed by atoms with Crippen LogP contribution in [0.4, 0.5) is 0 Å². The van der Waals surface area contributed by atoms with Crippen molar-refractivity contribution < 1.29 is 17.1 Å². The molecule has 0 rings (SSSR count). The Labute approximate surface area is 104 Å². The first kappa shape index (κ1) is 16.1. The summed E-state index contributed by atoms with van der Waals surface area (Å²) in [6.07, 6.45) is 4.87. The molecule has 0 radical (unpaired) electrons. The van der Waals surface area contributed by atoms with Crippen molar-refractivity contribution in [3.63, 3.8) is 0 Å². The van der Waals surface area contributed by atoms with E-state index in [0.29, 0.717) is 4.32 Å². The molecule has 1 nitrogen and oxygen atoms in total. The second-order valence-corrected chi connectivity index (χ2v) is 3.99. The molecule has 0 atom stereocenters. The number of thiocarbonyl (C=S) groups is 1. The molecule has 0 spiro atoms. The molecule has 13 heavy (non-hydrogen) atoms. The van der Waals surface area contributed by atoms with Crippen molar-refractivity contribution in [3.8, 4) is 0 Å². The predicted octanol–water partition coefficient (Wildman–Crippen LogP) is 2.72. The molecule has 4 heteroatoms. The number of hydrogen-bond acceptors (Lipinski definition) is 2. The average Bonchev–Trinajstić information content (AvgIpc) is 2.03. The van der Waals surface area contributed by atoms with E-state index in [0.717, 1.165) is 19.5 Å². The topological polar surface area (TPSA) is 3.24 Å². The monoisotopic (exact) mass is 267 g/mol. The van der Waals surface area contributed by atoms with E-state index in [1.807, 2.05) is 0 Å². The third kappa shape index (κ3) is 8.95. The molecular weight excluding hydrogens is 250 g/mol. The second kappa shape index (κ2) is 10.7. The van der Waals surface area contributed by atoms with Gasteiger partial charge in [0.2, 0.25) is 0 Å². The summed E-state index contributed by atoms with van der Waals surface area (Å²) in [5.74, 6) is 0. The van der Waals surface area contributed by atoms with Crippen molar-refractivity contribution in [2.45, 2.75) is 39.5 Å². The van der Waals surface area contributed by atoms with Crippen molar-refractivity contribution in [1.29, 1.82) is 0 Å². The quantitative estimate of drug-likeness (QED) is 0.315. The zero-order valence-corrected chi connectivity index (χ0v) is 10.9. The van der Waals surface area contributed by atoms with E-state index in [1.165, 1.54) is 19.3 Å². The molecule has 0 heterocycles. The fraction of sp³-hybridized carbons (Fsp3) is 0.889. The Bertz CT molecular complexity index is 131. The smallest absolute Gasteiger partial charge is 0.411 e. The summed E-state index contributed by atoms with van der Waals surface area (Å²) in [7, 11) is 0. The molecule has 0 unspecified atom stereocenters. The molecule has 0 amide bonds. The van der Waals surface area contributed by atoms with Gasteiger partial charge in [-0.05, 0) is 12.8 Å². The largest absolute Gasteiger partial charge is 1.00 e. The number of rotatable bonds is 6. The number of nitrogens with zero attached hydrogens (tertiary/aromatic N) is 1. The molecule has 82 valence electrons. The van der Waals surface area contributed by atoms with Crippen molar-refractivity contribution in [1.82, 2.24) is 4.90 Å². The van der Waals surface area contributed by atoms with E-state index in [1.54, 1.807) is 0 Å². The van der Waals surface area contributed by atoms with Gasteiger partial charge in [0.05, 0.1) is 0 Å². The maximum Gasteiger partial charge on any atom is 1.00 e. The van der Waals surface area contributed by atoms with Gasteiger partial charge in [0.15, 0.2) is 0 Å². The fourth-order valence-corrected chi connectivity index (χ4v) is 1.48. The molecule has 0 aliphatic carbocycles. The standard InChI is InChI=1S/C9H19NS2.Cu/c1-3-5-6-8-10(7-4-2)9(11)12;/h3-8H2,1-2H3,(H,11,12);/q;+1/p-1. The van der Waals surface area contributed by atoms with E-state index >= 15 is 0 Å². The molecule has 0 saturated carbocycles. The van der Waals surface area contributed by atoms with Crippen molar-refractivity contribution in [2.24, 2.45) is 0 Å². The van der Waals surface area contributed by atoms with Gasteiger partial charge < -0.3 is 29.7 Å². The molecule has 0 aromatic rings. The van der Waals surface area contributed by atoms with E-state index in [9.17, 15) is 0 Å². The van der Waals surface area contributed by atoms with Crippen LogP contribution in [0.15, 0.2) is 0 Å². The molecule has 0 bridgehead atoms. The van der Waals surface area contributed by atoms with Crippen LogP contribution in [0.5, 0.6) is 0 Å². The van der Waals surface area contributed by atoms with Crippen molar-refractivity contribution in [2.75, 3.05) is 13.1 Å². The van der Waals surface area contributed by atoms with Crippen LogP contribution in [0.2, 0.25) is 0 Å². The Morgan fingerprint density at radius 1 is 1.15 bits per heavy atom. The van der Waals surface area contributed by atoms with Gasteiger partial charge in [0.25, 0.3) is 0 Å². The van der Waals surface area contributed by atoms with Crippen LogP contribution >= 0.6 is 12.2 Å². The van der Waals surface area contributed by atoms with Crippen LogP contribution in [0.1, 0.15) is 39.5 Å². The first-order valence-corrected chi connectivity index (χ1v) is 5.50. The molecule has 0 fully saturated rings. The fourth-order valence-electron chi connectivity index (χ4n) is 1.12. The van der Waals surface area contributed by atoms with Crippen LogP contribution in [0.3, 0.4) is 0 Å². The number of unbranched alkanes of at least 4 members (excludes halogenated alkanes) is 2. The third-order valence-electron chi connectivity index (χ3n) is 1.78. The molecule has 0 aliphatic rings. The van der Waals surface area contributed by atoms with Crippen LogP contribution in [0, 0.1) is 0 Å². The first-order valence-electron chi connectivity index (χ1n) is 4.68. The van der Waals surface area contributed by atoms with Crippen LogP contribution < -0.4 is 0 Å². The van der Waals surface area contributed by atoms with Crippen LogP contribution in [-0.4, -0.2) is 22.3 Å². The van der Waals surface area contributed by atoms with Gasteiger partial charge >= 0.3 is 17.1 Å². The zero-order chi connectivity index (χ0) is 9.40. The van der Waals surface area contributed by atoms with Gasteiger partial charge in [0, 0.05) is 13.1 Å². The molecule has 0 N–H and O–H groups in total.